The van der Waals surface area contributed by atoms with Crippen molar-refractivity contribution in [3.63, 3.8) is 0 Å². The number of likely N-dealkylation sites (tertiary alicyclic amines) is 1. The molecule has 0 aliphatic carbocycles. The summed E-state index contributed by atoms with van der Waals surface area (Å²) in [6.07, 6.45) is 4.23. The molecule has 2 rings (SSSR count). The first-order valence-corrected chi connectivity index (χ1v) is 8.22. The molecule has 22 heavy (non-hydrogen) atoms. The molecule has 1 aromatic rings. The Morgan fingerprint density at radius 2 is 2.09 bits per heavy atom. The number of rotatable bonds is 7. The van der Waals surface area contributed by atoms with Crippen LogP contribution in [0.1, 0.15) is 25.7 Å². The first-order valence-electron chi connectivity index (χ1n) is 7.84. The van der Waals surface area contributed by atoms with Crippen molar-refractivity contribution in [1.82, 2.24) is 10.2 Å². The second-order valence-electron chi connectivity index (χ2n) is 5.61. The average molecular weight is 326 g/mol. The van der Waals surface area contributed by atoms with Crippen LogP contribution in [0.3, 0.4) is 0 Å². The molecule has 0 radical (unpaired) electrons. The Hall–Kier alpha value is -1.30. The van der Waals surface area contributed by atoms with Crippen molar-refractivity contribution in [3.8, 4) is 0 Å². The van der Waals surface area contributed by atoms with Crippen molar-refractivity contribution < 1.29 is 9.90 Å². The third-order valence-corrected chi connectivity index (χ3v) is 4.22. The van der Waals surface area contributed by atoms with Crippen molar-refractivity contribution in [2.24, 2.45) is 0 Å². The van der Waals surface area contributed by atoms with E-state index in [0.717, 1.165) is 38.0 Å². The molecule has 6 heteroatoms. The maximum Gasteiger partial charge on any atom is 0.319 e. The molecule has 0 saturated carbocycles. The summed E-state index contributed by atoms with van der Waals surface area (Å²) in [4.78, 5) is 14.1. The van der Waals surface area contributed by atoms with Gasteiger partial charge >= 0.3 is 6.03 Å². The summed E-state index contributed by atoms with van der Waals surface area (Å²) in [6, 6.07) is 7.16. The van der Waals surface area contributed by atoms with Gasteiger partial charge < -0.3 is 15.7 Å². The van der Waals surface area contributed by atoms with E-state index in [1.807, 2.05) is 0 Å². The number of anilines is 1. The summed E-state index contributed by atoms with van der Waals surface area (Å²) in [5, 5.41) is 15.5. The van der Waals surface area contributed by atoms with E-state index < -0.39 is 0 Å². The number of hydrogen-bond acceptors (Lipinski definition) is 3. The number of carbonyl (C=O) groups is 1. The second-order valence-corrected chi connectivity index (χ2v) is 6.05. The van der Waals surface area contributed by atoms with Gasteiger partial charge in [0.05, 0.1) is 6.61 Å². The summed E-state index contributed by atoms with van der Waals surface area (Å²) >= 11 is 5.79. The molecular formula is C16H24ClN3O2. The third kappa shape index (κ3) is 5.48. The lowest BCUT2D eigenvalue weighted by molar-refractivity contribution is 0.157. The fourth-order valence-corrected chi connectivity index (χ4v) is 2.87. The molecule has 0 bridgehead atoms. The van der Waals surface area contributed by atoms with Crippen LogP contribution in [0.5, 0.6) is 0 Å². The zero-order valence-electron chi connectivity index (χ0n) is 12.7. The predicted molar refractivity (Wildman–Crippen MR) is 89.4 cm³/mol. The van der Waals surface area contributed by atoms with Crippen LogP contribution in [0.25, 0.3) is 0 Å². The van der Waals surface area contributed by atoms with E-state index in [0.29, 0.717) is 17.6 Å². The second kappa shape index (κ2) is 8.98. The highest BCUT2D eigenvalue weighted by atomic mass is 35.5. The first kappa shape index (κ1) is 17.1. The molecular weight excluding hydrogens is 302 g/mol. The van der Waals surface area contributed by atoms with Gasteiger partial charge in [-0.05, 0) is 63.0 Å². The van der Waals surface area contributed by atoms with Gasteiger partial charge in [-0.3, -0.25) is 4.90 Å². The van der Waals surface area contributed by atoms with E-state index in [1.165, 1.54) is 6.42 Å². The number of carbonyl (C=O) groups excluding carboxylic acids is 1. The van der Waals surface area contributed by atoms with Crippen LogP contribution in [-0.4, -0.2) is 48.3 Å². The first-order chi connectivity index (χ1) is 10.7. The van der Waals surface area contributed by atoms with Gasteiger partial charge in [0, 0.05) is 23.3 Å². The van der Waals surface area contributed by atoms with Crippen LogP contribution >= 0.6 is 11.6 Å². The molecule has 1 aliphatic heterocycles. The molecule has 1 aromatic carbocycles. The van der Waals surface area contributed by atoms with Gasteiger partial charge in [0.2, 0.25) is 0 Å². The minimum atomic E-state index is -0.197. The predicted octanol–water partition coefficient (Wildman–Crippen LogP) is 2.70. The molecule has 0 aromatic heterocycles. The van der Waals surface area contributed by atoms with Crippen LogP contribution in [0.15, 0.2) is 24.3 Å². The van der Waals surface area contributed by atoms with Gasteiger partial charge in [-0.15, -0.1) is 0 Å². The fraction of sp³-hybridized carbons (Fsp3) is 0.562. The average Bonchev–Trinajstić information content (AvgIpc) is 2.97. The minimum absolute atomic E-state index is 0.197. The van der Waals surface area contributed by atoms with Gasteiger partial charge in [-0.2, -0.15) is 0 Å². The van der Waals surface area contributed by atoms with E-state index in [4.69, 9.17) is 11.6 Å². The topological polar surface area (TPSA) is 64.6 Å². The van der Waals surface area contributed by atoms with Crippen molar-refractivity contribution in [2.75, 3.05) is 31.6 Å². The molecule has 2 amide bonds. The molecule has 1 heterocycles. The Bertz CT molecular complexity index is 467. The molecule has 1 unspecified atom stereocenters. The molecule has 122 valence electrons. The standard InChI is InChI=1S/C16H24ClN3O2/c17-13-5-7-14(8-6-13)19-16(22)18-9-1-2-10-20-11-3-4-15(20)12-21/h5-8,15,21H,1-4,9-12H2,(H2,18,19,22). The summed E-state index contributed by atoms with van der Waals surface area (Å²) in [5.74, 6) is 0. The minimum Gasteiger partial charge on any atom is -0.395 e. The molecule has 1 saturated heterocycles. The summed E-state index contributed by atoms with van der Waals surface area (Å²) in [6.45, 7) is 2.97. The Kier molecular flexibility index (Phi) is 6.96. The third-order valence-electron chi connectivity index (χ3n) is 3.97. The van der Waals surface area contributed by atoms with E-state index in [1.54, 1.807) is 24.3 Å². The van der Waals surface area contributed by atoms with Gasteiger partial charge in [0.1, 0.15) is 0 Å². The number of urea groups is 1. The lowest BCUT2D eigenvalue weighted by Gasteiger charge is -2.22. The van der Waals surface area contributed by atoms with E-state index in [9.17, 15) is 9.90 Å². The Morgan fingerprint density at radius 1 is 1.32 bits per heavy atom. The highest BCUT2D eigenvalue weighted by Crippen LogP contribution is 2.17. The number of aliphatic hydroxyl groups is 1. The van der Waals surface area contributed by atoms with Crippen LogP contribution in [0, 0.1) is 0 Å². The largest absolute Gasteiger partial charge is 0.395 e. The van der Waals surface area contributed by atoms with E-state index >= 15 is 0 Å². The number of aliphatic hydroxyl groups excluding tert-OH is 1. The number of hydrogen-bond donors (Lipinski definition) is 3. The zero-order chi connectivity index (χ0) is 15.8. The number of unbranched alkanes of at least 4 members (excludes halogenated alkanes) is 1. The highest BCUT2D eigenvalue weighted by molar-refractivity contribution is 6.30. The smallest absolute Gasteiger partial charge is 0.319 e. The maximum absolute atomic E-state index is 11.7. The Balaban J connectivity index is 1.56. The normalized spacial score (nSPS) is 18.4. The lowest BCUT2D eigenvalue weighted by Crippen LogP contribution is -2.34. The van der Waals surface area contributed by atoms with Crippen LogP contribution < -0.4 is 10.6 Å². The Morgan fingerprint density at radius 3 is 2.82 bits per heavy atom. The SMILES string of the molecule is O=C(NCCCCN1CCCC1CO)Nc1ccc(Cl)cc1. The summed E-state index contributed by atoms with van der Waals surface area (Å²) < 4.78 is 0. The summed E-state index contributed by atoms with van der Waals surface area (Å²) in [5.41, 5.74) is 0.727. The number of amides is 2. The fourth-order valence-electron chi connectivity index (χ4n) is 2.75. The van der Waals surface area contributed by atoms with Crippen molar-refractivity contribution in [2.45, 2.75) is 31.7 Å². The van der Waals surface area contributed by atoms with Crippen LogP contribution in [-0.2, 0) is 0 Å². The van der Waals surface area contributed by atoms with Gasteiger partial charge in [0.15, 0.2) is 0 Å². The number of nitrogens with zero attached hydrogens (tertiary/aromatic N) is 1. The van der Waals surface area contributed by atoms with Crippen molar-refractivity contribution in [3.05, 3.63) is 29.3 Å². The van der Waals surface area contributed by atoms with E-state index in [2.05, 4.69) is 15.5 Å². The number of nitrogens with one attached hydrogen (secondary N) is 2. The summed E-state index contributed by atoms with van der Waals surface area (Å²) in [7, 11) is 0. The molecule has 1 atom stereocenters. The van der Waals surface area contributed by atoms with Crippen molar-refractivity contribution >= 4 is 23.3 Å². The zero-order valence-corrected chi connectivity index (χ0v) is 13.5. The maximum atomic E-state index is 11.7. The number of halogens is 1. The molecule has 5 nitrogen and oxygen atoms in total. The monoisotopic (exact) mass is 325 g/mol. The number of benzene rings is 1. The van der Waals surface area contributed by atoms with Crippen molar-refractivity contribution in [1.29, 1.82) is 0 Å². The van der Waals surface area contributed by atoms with Crippen LogP contribution in [0.4, 0.5) is 10.5 Å². The molecule has 0 spiro atoms. The molecule has 3 N–H and O–H groups in total. The highest BCUT2D eigenvalue weighted by Gasteiger charge is 2.22. The van der Waals surface area contributed by atoms with Gasteiger partial charge in [-0.25, -0.2) is 4.79 Å². The lowest BCUT2D eigenvalue weighted by atomic mass is 10.2. The quantitative estimate of drug-likeness (QED) is 0.675. The molecule has 1 fully saturated rings. The van der Waals surface area contributed by atoms with Crippen LogP contribution in [0.2, 0.25) is 5.02 Å². The molecule has 1 aliphatic rings. The van der Waals surface area contributed by atoms with E-state index in [-0.39, 0.29) is 12.6 Å². The van der Waals surface area contributed by atoms with Gasteiger partial charge in [0.25, 0.3) is 0 Å². The van der Waals surface area contributed by atoms with Gasteiger partial charge in [-0.1, -0.05) is 11.6 Å². The Labute approximate surface area is 136 Å².